The Kier molecular flexibility index (Phi) is 4.37. The summed E-state index contributed by atoms with van der Waals surface area (Å²) < 4.78 is 7.56. The number of imidazole rings is 1. The number of nitrogens with zero attached hydrogens (tertiary/aromatic N) is 2. The number of hydrogen-bond acceptors (Lipinski definition) is 3. The van der Waals surface area contributed by atoms with E-state index in [0.717, 1.165) is 33.9 Å². The number of pyridine rings is 1. The van der Waals surface area contributed by atoms with Crippen molar-refractivity contribution in [1.29, 1.82) is 0 Å². The van der Waals surface area contributed by atoms with Gasteiger partial charge in [-0.15, -0.1) is 0 Å². The fraction of sp³-hybridized carbons (Fsp3) is 0.167. The van der Waals surface area contributed by atoms with Crippen molar-refractivity contribution in [2.24, 2.45) is 5.73 Å². The van der Waals surface area contributed by atoms with Gasteiger partial charge in [0, 0.05) is 18.3 Å². The van der Waals surface area contributed by atoms with Gasteiger partial charge in [0.15, 0.2) is 0 Å². The Hall–Kier alpha value is -2.30. The monoisotopic (exact) mass is 327 g/mol. The zero-order chi connectivity index (χ0) is 16.4. The van der Waals surface area contributed by atoms with E-state index in [4.69, 9.17) is 22.1 Å². The number of fused-ring (bicyclic) bond motifs is 1. The van der Waals surface area contributed by atoms with Gasteiger partial charge in [-0.05, 0) is 48.9 Å². The van der Waals surface area contributed by atoms with E-state index in [1.165, 1.54) is 0 Å². The normalized spacial score (nSPS) is 10.9. The Bertz CT molecular complexity index is 853. The molecule has 0 bridgehead atoms. The zero-order valence-corrected chi connectivity index (χ0v) is 13.7. The standard InChI is InChI=1S/C18H18ClN3O/c1-12(2)11-23-15-6-3-13(4-7-15)18-16(9-20)22-10-14(19)5-8-17(22)21-18/h3-8,10H,1,9,11,20H2,2H3. The molecule has 0 aliphatic rings. The fourth-order valence-corrected chi connectivity index (χ4v) is 2.57. The maximum Gasteiger partial charge on any atom is 0.137 e. The van der Waals surface area contributed by atoms with E-state index in [2.05, 4.69) is 11.6 Å². The number of nitrogens with two attached hydrogens (primary N) is 1. The predicted octanol–water partition coefficient (Wildman–Crippen LogP) is 4.07. The summed E-state index contributed by atoms with van der Waals surface area (Å²) in [6.45, 7) is 6.66. The van der Waals surface area contributed by atoms with Crippen LogP contribution in [-0.2, 0) is 6.54 Å². The van der Waals surface area contributed by atoms with Crippen LogP contribution in [-0.4, -0.2) is 16.0 Å². The number of ether oxygens (including phenoxy) is 1. The molecule has 3 aromatic rings. The molecule has 2 N–H and O–H groups in total. The second-order valence-corrected chi connectivity index (χ2v) is 5.89. The molecule has 0 saturated heterocycles. The number of hydrogen-bond donors (Lipinski definition) is 1. The van der Waals surface area contributed by atoms with Crippen LogP contribution >= 0.6 is 11.6 Å². The van der Waals surface area contributed by atoms with E-state index >= 15 is 0 Å². The van der Waals surface area contributed by atoms with E-state index in [9.17, 15) is 0 Å². The molecule has 0 saturated carbocycles. The lowest BCUT2D eigenvalue weighted by atomic mass is 10.1. The summed E-state index contributed by atoms with van der Waals surface area (Å²) in [4.78, 5) is 4.67. The van der Waals surface area contributed by atoms with Gasteiger partial charge in [-0.1, -0.05) is 18.2 Å². The third-order valence-corrected chi connectivity index (χ3v) is 3.71. The van der Waals surface area contributed by atoms with E-state index in [-0.39, 0.29) is 0 Å². The molecular formula is C18H18ClN3O. The second-order valence-electron chi connectivity index (χ2n) is 5.46. The molecular weight excluding hydrogens is 310 g/mol. The molecule has 4 nitrogen and oxygen atoms in total. The van der Waals surface area contributed by atoms with Crippen LogP contribution in [0.25, 0.3) is 16.9 Å². The van der Waals surface area contributed by atoms with Crippen molar-refractivity contribution in [2.75, 3.05) is 6.61 Å². The summed E-state index contributed by atoms with van der Waals surface area (Å²) in [6, 6.07) is 11.5. The molecule has 1 aromatic carbocycles. The summed E-state index contributed by atoms with van der Waals surface area (Å²) in [5.41, 5.74) is 10.5. The van der Waals surface area contributed by atoms with Gasteiger partial charge < -0.3 is 14.9 Å². The van der Waals surface area contributed by atoms with E-state index in [1.54, 1.807) is 0 Å². The average Bonchev–Trinajstić information content (AvgIpc) is 2.91. The molecule has 0 atom stereocenters. The molecule has 0 amide bonds. The lowest BCUT2D eigenvalue weighted by molar-refractivity contribution is 0.353. The number of rotatable bonds is 5. The van der Waals surface area contributed by atoms with Crippen LogP contribution < -0.4 is 10.5 Å². The summed E-state index contributed by atoms with van der Waals surface area (Å²) in [6.07, 6.45) is 1.83. The van der Waals surface area contributed by atoms with Gasteiger partial charge in [-0.2, -0.15) is 0 Å². The smallest absolute Gasteiger partial charge is 0.137 e. The van der Waals surface area contributed by atoms with E-state index in [0.29, 0.717) is 18.2 Å². The molecule has 0 unspecified atom stereocenters. The average molecular weight is 328 g/mol. The second kappa shape index (κ2) is 6.44. The van der Waals surface area contributed by atoms with Gasteiger partial charge in [-0.3, -0.25) is 0 Å². The van der Waals surface area contributed by atoms with Crippen LogP contribution in [0.4, 0.5) is 0 Å². The minimum absolute atomic E-state index is 0.380. The largest absolute Gasteiger partial charge is 0.489 e. The predicted molar refractivity (Wildman–Crippen MR) is 93.8 cm³/mol. The topological polar surface area (TPSA) is 52.5 Å². The molecule has 2 heterocycles. The maximum atomic E-state index is 6.07. The molecule has 0 spiro atoms. The first-order chi connectivity index (χ1) is 11.1. The minimum atomic E-state index is 0.380. The van der Waals surface area contributed by atoms with E-state index < -0.39 is 0 Å². The minimum Gasteiger partial charge on any atom is -0.489 e. The SMILES string of the molecule is C=C(C)COc1ccc(-c2nc3ccc(Cl)cn3c2CN)cc1. The van der Waals surface area contributed by atoms with Crippen molar-refractivity contribution in [3.8, 4) is 17.0 Å². The fourth-order valence-electron chi connectivity index (χ4n) is 2.41. The van der Waals surface area contributed by atoms with Crippen LogP contribution in [0.5, 0.6) is 5.75 Å². The van der Waals surface area contributed by atoms with Gasteiger partial charge in [0.25, 0.3) is 0 Å². The first kappa shape index (κ1) is 15.6. The summed E-state index contributed by atoms with van der Waals surface area (Å²) in [7, 11) is 0. The molecule has 0 aliphatic carbocycles. The van der Waals surface area contributed by atoms with Crippen molar-refractivity contribution < 1.29 is 4.74 Å². The Morgan fingerprint density at radius 1 is 1.26 bits per heavy atom. The Morgan fingerprint density at radius 3 is 2.65 bits per heavy atom. The first-order valence-corrected chi connectivity index (χ1v) is 7.70. The highest BCUT2D eigenvalue weighted by molar-refractivity contribution is 6.30. The third-order valence-electron chi connectivity index (χ3n) is 3.49. The Morgan fingerprint density at radius 2 is 2.00 bits per heavy atom. The van der Waals surface area contributed by atoms with E-state index in [1.807, 2.05) is 53.9 Å². The van der Waals surface area contributed by atoms with Crippen molar-refractivity contribution in [3.05, 3.63) is 65.5 Å². The molecule has 2 aromatic heterocycles. The highest BCUT2D eigenvalue weighted by Gasteiger charge is 2.13. The summed E-state index contributed by atoms with van der Waals surface area (Å²) in [5, 5.41) is 0.652. The van der Waals surface area contributed by atoms with Crippen molar-refractivity contribution in [1.82, 2.24) is 9.38 Å². The lowest BCUT2D eigenvalue weighted by Crippen LogP contribution is -2.02. The van der Waals surface area contributed by atoms with Crippen LogP contribution in [0.15, 0.2) is 54.7 Å². The van der Waals surface area contributed by atoms with Crippen LogP contribution in [0.2, 0.25) is 5.02 Å². The third kappa shape index (κ3) is 3.23. The molecule has 118 valence electrons. The van der Waals surface area contributed by atoms with Crippen LogP contribution in [0.1, 0.15) is 12.6 Å². The summed E-state index contributed by atoms with van der Waals surface area (Å²) in [5.74, 6) is 0.804. The molecule has 0 radical (unpaired) electrons. The van der Waals surface area contributed by atoms with Gasteiger partial charge in [0.05, 0.1) is 16.4 Å². The number of aromatic nitrogens is 2. The highest BCUT2D eigenvalue weighted by Crippen LogP contribution is 2.27. The van der Waals surface area contributed by atoms with Crippen LogP contribution in [0, 0.1) is 0 Å². The maximum absolute atomic E-state index is 6.07. The Balaban J connectivity index is 1.98. The molecule has 23 heavy (non-hydrogen) atoms. The van der Waals surface area contributed by atoms with Crippen molar-refractivity contribution in [3.63, 3.8) is 0 Å². The lowest BCUT2D eigenvalue weighted by Gasteiger charge is -2.07. The van der Waals surface area contributed by atoms with Gasteiger partial charge in [-0.25, -0.2) is 4.98 Å². The van der Waals surface area contributed by atoms with Crippen LogP contribution in [0.3, 0.4) is 0 Å². The molecule has 0 aliphatic heterocycles. The quantitative estimate of drug-likeness (QED) is 0.719. The zero-order valence-electron chi connectivity index (χ0n) is 12.9. The Labute approximate surface area is 140 Å². The summed E-state index contributed by atoms with van der Waals surface area (Å²) >= 11 is 6.07. The van der Waals surface area contributed by atoms with Gasteiger partial charge in [0.2, 0.25) is 0 Å². The van der Waals surface area contributed by atoms with Gasteiger partial charge >= 0.3 is 0 Å². The molecule has 5 heteroatoms. The number of benzene rings is 1. The highest BCUT2D eigenvalue weighted by atomic mass is 35.5. The van der Waals surface area contributed by atoms with Gasteiger partial charge in [0.1, 0.15) is 18.0 Å². The van der Waals surface area contributed by atoms with Crippen molar-refractivity contribution >= 4 is 17.2 Å². The first-order valence-electron chi connectivity index (χ1n) is 7.32. The number of halogens is 1. The molecule has 3 rings (SSSR count). The molecule has 0 fully saturated rings. The van der Waals surface area contributed by atoms with Crippen molar-refractivity contribution in [2.45, 2.75) is 13.5 Å².